The minimum Gasteiger partial charge on any atom is -0.497 e. The fraction of sp³-hybridized carbons (Fsp3) is 0.647. The first-order valence-electron chi connectivity index (χ1n) is 7.59. The molecule has 1 atom stereocenters. The van der Waals surface area contributed by atoms with Crippen LogP contribution in [0.25, 0.3) is 0 Å². The molecule has 0 radical (unpaired) electrons. The van der Waals surface area contributed by atoms with Crippen molar-refractivity contribution in [1.29, 1.82) is 0 Å². The molecule has 0 N–H and O–H groups in total. The van der Waals surface area contributed by atoms with Gasteiger partial charge in [0.05, 0.1) is 19.6 Å². The van der Waals surface area contributed by atoms with Crippen molar-refractivity contribution in [2.24, 2.45) is 0 Å². The fourth-order valence-corrected chi connectivity index (χ4v) is 2.67. The maximum atomic E-state index is 6.50. The molecule has 0 saturated heterocycles. The Hall–Kier alpha value is -0.890. The van der Waals surface area contributed by atoms with Gasteiger partial charge in [0.15, 0.2) is 0 Å². The molecule has 0 fully saturated rings. The van der Waals surface area contributed by atoms with E-state index in [0.717, 1.165) is 23.5 Å². The summed E-state index contributed by atoms with van der Waals surface area (Å²) in [6.07, 6.45) is 8.73. The summed E-state index contributed by atoms with van der Waals surface area (Å²) in [5, 5.41) is 0.0158. The van der Waals surface area contributed by atoms with Gasteiger partial charge >= 0.3 is 0 Å². The molecule has 0 saturated carbocycles. The molecule has 3 heteroatoms. The highest BCUT2D eigenvalue weighted by Gasteiger charge is 2.14. The van der Waals surface area contributed by atoms with E-state index in [4.69, 9.17) is 21.1 Å². The molecule has 0 aliphatic heterocycles. The second kappa shape index (κ2) is 9.93. The van der Waals surface area contributed by atoms with E-state index >= 15 is 0 Å². The molecule has 1 aromatic rings. The summed E-state index contributed by atoms with van der Waals surface area (Å²) in [6, 6.07) is 5.84. The maximum absolute atomic E-state index is 6.50. The summed E-state index contributed by atoms with van der Waals surface area (Å²) in [5.41, 5.74) is 1.06. The number of alkyl halides is 1. The van der Waals surface area contributed by atoms with E-state index in [1.807, 2.05) is 18.2 Å². The Labute approximate surface area is 128 Å². The number of unbranched alkanes of at least 4 members (excludes halogenated alkanes) is 5. The smallest absolute Gasteiger partial charge is 0.127 e. The Morgan fingerprint density at radius 2 is 1.70 bits per heavy atom. The fourth-order valence-electron chi connectivity index (χ4n) is 2.34. The number of rotatable bonds is 10. The van der Waals surface area contributed by atoms with Crippen molar-refractivity contribution in [3.63, 3.8) is 0 Å². The predicted molar refractivity (Wildman–Crippen MR) is 86.1 cm³/mol. The van der Waals surface area contributed by atoms with Crippen molar-refractivity contribution < 1.29 is 9.47 Å². The minimum atomic E-state index is 0.0158. The van der Waals surface area contributed by atoms with Gasteiger partial charge in [-0.1, -0.05) is 51.5 Å². The Morgan fingerprint density at radius 3 is 2.35 bits per heavy atom. The van der Waals surface area contributed by atoms with Gasteiger partial charge in [-0.3, -0.25) is 0 Å². The van der Waals surface area contributed by atoms with Crippen molar-refractivity contribution in [1.82, 2.24) is 0 Å². The van der Waals surface area contributed by atoms with Crippen LogP contribution in [0.4, 0.5) is 0 Å². The normalized spacial score (nSPS) is 12.2. The molecule has 0 bridgehead atoms. The second-order valence-corrected chi connectivity index (χ2v) is 5.66. The van der Waals surface area contributed by atoms with Crippen LogP contribution < -0.4 is 9.47 Å². The van der Waals surface area contributed by atoms with Gasteiger partial charge in [0.1, 0.15) is 11.5 Å². The van der Waals surface area contributed by atoms with Crippen LogP contribution in [-0.2, 0) is 0 Å². The summed E-state index contributed by atoms with van der Waals surface area (Å²) >= 11 is 6.50. The van der Waals surface area contributed by atoms with Gasteiger partial charge in [0.2, 0.25) is 0 Å². The van der Waals surface area contributed by atoms with Gasteiger partial charge in [-0.25, -0.2) is 0 Å². The zero-order valence-electron chi connectivity index (χ0n) is 13.0. The average molecular weight is 299 g/mol. The van der Waals surface area contributed by atoms with Crippen molar-refractivity contribution in [2.45, 2.75) is 57.2 Å². The highest BCUT2D eigenvalue weighted by molar-refractivity contribution is 6.21. The van der Waals surface area contributed by atoms with Gasteiger partial charge in [-0.05, 0) is 12.5 Å². The molecule has 2 nitrogen and oxygen atoms in total. The monoisotopic (exact) mass is 298 g/mol. The lowest BCUT2D eigenvalue weighted by Gasteiger charge is -2.15. The molecule has 0 spiro atoms. The second-order valence-electron chi connectivity index (χ2n) is 5.13. The summed E-state index contributed by atoms with van der Waals surface area (Å²) in [7, 11) is 3.33. The number of hydrogen-bond acceptors (Lipinski definition) is 2. The van der Waals surface area contributed by atoms with Crippen LogP contribution >= 0.6 is 11.6 Å². The van der Waals surface area contributed by atoms with E-state index in [0.29, 0.717) is 0 Å². The molecule has 0 aromatic heterocycles. The van der Waals surface area contributed by atoms with E-state index < -0.39 is 0 Å². The molecule has 0 aliphatic rings. The Bertz CT molecular complexity index is 379. The van der Waals surface area contributed by atoms with Gasteiger partial charge in [-0.2, -0.15) is 0 Å². The number of benzene rings is 1. The van der Waals surface area contributed by atoms with Crippen molar-refractivity contribution in [3.05, 3.63) is 23.8 Å². The summed E-state index contributed by atoms with van der Waals surface area (Å²) < 4.78 is 10.6. The largest absolute Gasteiger partial charge is 0.497 e. The van der Waals surface area contributed by atoms with Crippen LogP contribution in [0.2, 0.25) is 0 Å². The summed E-state index contributed by atoms with van der Waals surface area (Å²) in [6.45, 7) is 2.24. The summed E-state index contributed by atoms with van der Waals surface area (Å²) in [4.78, 5) is 0. The highest BCUT2D eigenvalue weighted by Crippen LogP contribution is 2.35. The molecule has 0 amide bonds. The zero-order chi connectivity index (χ0) is 14.8. The molecule has 0 heterocycles. The van der Waals surface area contributed by atoms with E-state index in [9.17, 15) is 0 Å². The van der Waals surface area contributed by atoms with E-state index in [1.165, 1.54) is 38.5 Å². The lowest BCUT2D eigenvalue weighted by Crippen LogP contribution is -1.97. The van der Waals surface area contributed by atoms with Gasteiger partial charge in [-0.15, -0.1) is 11.6 Å². The van der Waals surface area contributed by atoms with E-state index in [-0.39, 0.29) is 5.38 Å². The molecule has 0 aliphatic carbocycles. The van der Waals surface area contributed by atoms with Crippen molar-refractivity contribution >= 4 is 11.6 Å². The molecule has 1 rings (SSSR count). The highest BCUT2D eigenvalue weighted by atomic mass is 35.5. The Morgan fingerprint density at radius 1 is 1.00 bits per heavy atom. The minimum absolute atomic E-state index is 0.0158. The quantitative estimate of drug-likeness (QED) is 0.405. The molecule has 1 aromatic carbocycles. The number of ether oxygens (including phenoxy) is 2. The number of hydrogen-bond donors (Lipinski definition) is 0. The topological polar surface area (TPSA) is 18.5 Å². The molecule has 1 unspecified atom stereocenters. The first-order valence-corrected chi connectivity index (χ1v) is 8.02. The van der Waals surface area contributed by atoms with Crippen LogP contribution in [0, 0.1) is 0 Å². The van der Waals surface area contributed by atoms with Crippen molar-refractivity contribution in [2.75, 3.05) is 14.2 Å². The number of methoxy groups -OCH3 is 2. The van der Waals surface area contributed by atoms with Crippen LogP contribution in [0.3, 0.4) is 0 Å². The third kappa shape index (κ3) is 5.62. The third-order valence-electron chi connectivity index (χ3n) is 3.59. The van der Waals surface area contributed by atoms with Crippen LogP contribution in [0.15, 0.2) is 18.2 Å². The lowest BCUT2D eigenvalue weighted by molar-refractivity contribution is 0.390. The first-order chi connectivity index (χ1) is 9.72. The molecule has 114 valence electrons. The van der Waals surface area contributed by atoms with Gasteiger partial charge < -0.3 is 9.47 Å². The summed E-state index contributed by atoms with van der Waals surface area (Å²) in [5.74, 6) is 1.62. The lowest BCUT2D eigenvalue weighted by atomic mass is 10.0. The zero-order valence-corrected chi connectivity index (χ0v) is 13.7. The first kappa shape index (κ1) is 17.2. The SMILES string of the molecule is CCCCCCCCC(Cl)c1ccc(OC)cc1OC. The molecular weight excluding hydrogens is 272 g/mol. The van der Waals surface area contributed by atoms with Crippen LogP contribution in [-0.4, -0.2) is 14.2 Å². The van der Waals surface area contributed by atoms with E-state index in [1.54, 1.807) is 14.2 Å². The Balaban J connectivity index is 2.44. The molecule has 20 heavy (non-hydrogen) atoms. The van der Waals surface area contributed by atoms with E-state index in [2.05, 4.69) is 6.92 Å². The number of halogens is 1. The predicted octanol–water partition coefficient (Wildman–Crippen LogP) is 5.73. The van der Waals surface area contributed by atoms with Crippen molar-refractivity contribution in [3.8, 4) is 11.5 Å². The van der Waals surface area contributed by atoms with Gasteiger partial charge in [0.25, 0.3) is 0 Å². The standard InChI is InChI=1S/C17H27ClO2/c1-4-5-6-7-8-9-10-16(18)15-12-11-14(19-2)13-17(15)20-3/h11-13,16H,4-10H2,1-3H3. The van der Waals surface area contributed by atoms with Crippen LogP contribution in [0.1, 0.15) is 62.8 Å². The average Bonchev–Trinajstić information content (AvgIpc) is 2.49. The van der Waals surface area contributed by atoms with Gasteiger partial charge in [0, 0.05) is 11.6 Å². The van der Waals surface area contributed by atoms with Crippen LogP contribution in [0.5, 0.6) is 11.5 Å². The molecular formula is C17H27ClO2. The maximum Gasteiger partial charge on any atom is 0.127 e. The third-order valence-corrected chi connectivity index (χ3v) is 4.04. The Kier molecular flexibility index (Phi) is 8.52.